The van der Waals surface area contributed by atoms with Crippen LogP contribution in [0.5, 0.6) is 0 Å². The highest BCUT2D eigenvalue weighted by molar-refractivity contribution is 5.77. The summed E-state index contributed by atoms with van der Waals surface area (Å²) in [4.78, 5) is 26.3. The number of aromatic nitrogens is 2. The van der Waals surface area contributed by atoms with Crippen LogP contribution in [0.15, 0.2) is 73.1 Å². The summed E-state index contributed by atoms with van der Waals surface area (Å²) in [6.45, 7) is 11.0. The zero-order valence-electron chi connectivity index (χ0n) is 22.8. The van der Waals surface area contributed by atoms with Gasteiger partial charge in [0.2, 0.25) is 0 Å². The fourth-order valence-corrected chi connectivity index (χ4v) is 4.29. The topological polar surface area (TPSA) is 58.6 Å². The van der Waals surface area contributed by atoms with E-state index >= 15 is 0 Å². The number of rotatable bonds is 15. The maximum Gasteiger partial charge on any atom is 0.313 e. The Morgan fingerprint density at radius 3 is 2.08 bits per heavy atom. The quantitative estimate of drug-likeness (QED) is 0.206. The second-order valence-electron chi connectivity index (χ2n) is 10.2. The van der Waals surface area contributed by atoms with Gasteiger partial charge in [0.05, 0.1) is 23.9 Å². The van der Waals surface area contributed by atoms with Crippen molar-refractivity contribution in [3.8, 4) is 0 Å². The maximum atomic E-state index is 12.7. The van der Waals surface area contributed by atoms with Gasteiger partial charge in [-0.05, 0) is 68.1 Å². The molecule has 0 N–H and O–H groups in total. The van der Waals surface area contributed by atoms with Gasteiger partial charge in [0.1, 0.15) is 0 Å². The van der Waals surface area contributed by atoms with Crippen LogP contribution in [-0.2, 0) is 29.0 Å². The van der Waals surface area contributed by atoms with Crippen LogP contribution in [0.1, 0.15) is 55.6 Å². The summed E-state index contributed by atoms with van der Waals surface area (Å²) in [7, 11) is 2.12. The predicted octanol–water partition coefficient (Wildman–Crippen LogP) is 5.35. The van der Waals surface area contributed by atoms with Crippen LogP contribution in [0, 0.1) is 5.92 Å². The molecule has 0 fully saturated rings. The summed E-state index contributed by atoms with van der Waals surface area (Å²) >= 11 is 0. The van der Waals surface area contributed by atoms with E-state index in [9.17, 15) is 4.79 Å². The van der Waals surface area contributed by atoms with Gasteiger partial charge in [-0.15, -0.1) is 0 Å². The summed E-state index contributed by atoms with van der Waals surface area (Å²) in [5, 5.41) is 0. The summed E-state index contributed by atoms with van der Waals surface area (Å²) in [5.41, 5.74) is 4.42. The molecular formula is C31H42N4O2. The van der Waals surface area contributed by atoms with Crippen molar-refractivity contribution in [3.05, 3.63) is 95.6 Å². The number of benzene rings is 1. The van der Waals surface area contributed by atoms with Gasteiger partial charge in [0, 0.05) is 45.1 Å². The molecule has 0 saturated heterocycles. The third-order valence-corrected chi connectivity index (χ3v) is 6.41. The third kappa shape index (κ3) is 10.4. The fraction of sp³-hybridized carbons (Fsp3) is 0.452. The lowest BCUT2D eigenvalue weighted by atomic mass is 9.97. The standard InChI is InChI=1S/C31H42N4O2/c1-25(2)22-27-12-14-28(15-13-27)26(3)31(36)37-21-9-18-35(24-30-11-6-8-17-33-30)20-19-34(4)23-29-10-5-7-16-32-29/h5-8,10-17,25-26H,9,18-24H2,1-4H3. The number of hydrogen-bond donors (Lipinski definition) is 0. The van der Waals surface area contributed by atoms with E-state index in [4.69, 9.17) is 4.74 Å². The molecule has 0 saturated carbocycles. The van der Waals surface area contributed by atoms with Crippen molar-refractivity contribution in [2.45, 2.75) is 52.6 Å². The van der Waals surface area contributed by atoms with Crippen LogP contribution in [0.4, 0.5) is 0 Å². The van der Waals surface area contributed by atoms with E-state index in [2.05, 4.69) is 77.1 Å². The molecule has 6 heteroatoms. The monoisotopic (exact) mass is 502 g/mol. The first-order valence-electron chi connectivity index (χ1n) is 13.4. The first-order valence-corrected chi connectivity index (χ1v) is 13.4. The number of nitrogens with zero attached hydrogens (tertiary/aromatic N) is 4. The summed E-state index contributed by atoms with van der Waals surface area (Å²) in [5.74, 6) is 0.188. The van der Waals surface area contributed by atoms with Gasteiger partial charge >= 0.3 is 5.97 Å². The molecule has 1 atom stereocenters. The molecule has 2 heterocycles. The highest BCUT2D eigenvalue weighted by Crippen LogP contribution is 2.19. The van der Waals surface area contributed by atoms with Crippen LogP contribution in [-0.4, -0.2) is 59.0 Å². The first-order chi connectivity index (χ1) is 17.9. The molecule has 37 heavy (non-hydrogen) atoms. The van der Waals surface area contributed by atoms with Crippen LogP contribution >= 0.6 is 0 Å². The van der Waals surface area contributed by atoms with Crippen molar-refractivity contribution in [2.24, 2.45) is 5.92 Å². The molecule has 0 aliphatic rings. The van der Waals surface area contributed by atoms with Crippen LogP contribution in [0.3, 0.4) is 0 Å². The SMILES string of the molecule is CC(C)Cc1ccc(C(C)C(=O)OCCCN(CCN(C)Cc2ccccn2)Cc2ccccn2)cc1. The molecular weight excluding hydrogens is 460 g/mol. The van der Waals surface area contributed by atoms with E-state index in [-0.39, 0.29) is 11.9 Å². The average molecular weight is 503 g/mol. The van der Waals surface area contributed by atoms with Gasteiger partial charge in [-0.3, -0.25) is 24.6 Å². The summed E-state index contributed by atoms with van der Waals surface area (Å²) in [6, 6.07) is 20.4. The Balaban J connectivity index is 1.46. The lowest BCUT2D eigenvalue weighted by molar-refractivity contribution is -0.145. The van der Waals surface area contributed by atoms with E-state index in [1.54, 1.807) is 0 Å². The molecule has 0 aliphatic carbocycles. The minimum atomic E-state index is -0.266. The fourth-order valence-electron chi connectivity index (χ4n) is 4.29. The van der Waals surface area contributed by atoms with E-state index in [0.717, 1.165) is 62.5 Å². The Morgan fingerprint density at radius 1 is 0.838 bits per heavy atom. The molecule has 0 spiro atoms. The van der Waals surface area contributed by atoms with Gasteiger partial charge in [0.25, 0.3) is 0 Å². The number of carbonyl (C=O) groups is 1. The van der Waals surface area contributed by atoms with Gasteiger partial charge in [-0.1, -0.05) is 50.2 Å². The summed E-state index contributed by atoms with van der Waals surface area (Å²) < 4.78 is 5.66. The molecule has 6 nitrogen and oxygen atoms in total. The number of carbonyl (C=O) groups excluding carboxylic acids is 1. The molecule has 3 aromatic rings. The third-order valence-electron chi connectivity index (χ3n) is 6.41. The number of hydrogen-bond acceptors (Lipinski definition) is 6. The normalized spacial score (nSPS) is 12.3. The molecule has 1 unspecified atom stereocenters. The van der Waals surface area contributed by atoms with Gasteiger partial charge in [-0.25, -0.2) is 0 Å². The minimum absolute atomic E-state index is 0.164. The zero-order valence-corrected chi connectivity index (χ0v) is 22.8. The van der Waals surface area contributed by atoms with Crippen molar-refractivity contribution < 1.29 is 9.53 Å². The van der Waals surface area contributed by atoms with E-state index < -0.39 is 0 Å². The maximum absolute atomic E-state index is 12.7. The summed E-state index contributed by atoms with van der Waals surface area (Å²) in [6.07, 6.45) is 5.50. The second kappa shape index (κ2) is 15.2. The molecule has 198 valence electrons. The molecule has 0 amide bonds. The van der Waals surface area contributed by atoms with Crippen LogP contribution in [0.25, 0.3) is 0 Å². The Bertz CT molecular complexity index is 1040. The Morgan fingerprint density at radius 2 is 1.49 bits per heavy atom. The molecule has 2 aromatic heterocycles. The first kappa shape index (κ1) is 28.5. The van der Waals surface area contributed by atoms with Crippen LogP contribution in [0.2, 0.25) is 0 Å². The van der Waals surface area contributed by atoms with E-state index in [1.807, 2.05) is 43.6 Å². The second-order valence-corrected chi connectivity index (χ2v) is 10.2. The zero-order chi connectivity index (χ0) is 26.5. The smallest absolute Gasteiger partial charge is 0.313 e. The molecule has 1 aromatic carbocycles. The highest BCUT2D eigenvalue weighted by Gasteiger charge is 2.17. The van der Waals surface area contributed by atoms with Gasteiger partial charge < -0.3 is 4.74 Å². The predicted molar refractivity (Wildman–Crippen MR) is 149 cm³/mol. The number of ether oxygens (including phenoxy) is 1. The Kier molecular flexibility index (Phi) is 11.7. The molecule has 3 rings (SSSR count). The minimum Gasteiger partial charge on any atom is -0.465 e. The van der Waals surface area contributed by atoms with Crippen LogP contribution < -0.4 is 0 Å². The van der Waals surface area contributed by atoms with Crippen molar-refractivity contribution in [2.75, 3.05) is 33.3 Å². The Labute approximate surface area is 222 Å². The van der Waals surface area contributed by atoms with Crippen molar-refractivity contribution >= 4 is 5.97 Å². The van der Waals surface area contributed by atoms with Gasteiger partial charge in [-0.2, -0.15) is 0 Å². The van der Waals surface area contributed by atoms with Crippen molar-refractivity contribution in [1.29, 1.82) is 0 Å². The van der Waals surface area contributed by atoms with E-state index in [0.29, 0.717) is 12.5 Å². The molecule has 0 aliphatic heterocycles. The number of likely N-dealkylation sites (N-methyl/N-ethyl adjacent to an activating group) is 1. The lowest BCUT2D eigenvalue weighted by Crippen LogP contribution is -2.34. The average Bonchev–Trinajstić information content (AvgIpc) is 2.90. The van der Waals surface area contributed by atoms with Crippen molar-refractivity contribution in [3.63, 3.8) is 0 Å². The van der Waals surface area contributed by atoms with Gasteiger partial charge in [0.15, 0.2) is 0 Å². The Hall–Kier alpha value is -3.09. The highest BCUT2D eigenvalue weighted by atomic mass is 16.5. The molecule has 0 bridgehead atoms. The molecule has 0 radical (unpaired) electrons. The van der Waals surface area contributed by atoms with E-state index in [1.165, 1.54) is 5.56 Å². The number of esters is 1. The largest absolute Gasteiger partial charge is 0.465 e. The lowest BCUT2D eigenvalue weighted by Gasteiger charge is -2.25. The van der Waals surface area contributed by atoms with Crippen molar-refractivity contribution in [1.82, 2.24) is 19.8 Å². The number of pyridine rings is 2.